The van der Waals surface area contributed by atoms with Crippen LogP contribution in [0.15, 0.2) is 48.5 Å². The molecular weight excluding hydrogens is 318 g/mol. The molecule has 0 bridgehead atoms. The molecule has 0 aliphatic heterocycles. The summed E-state index contributed by atoms with van der Waals surface area (Å²) in [4.78, 5) is 11.3. The van der Waals surface area contributed by atoms with Gasteiger partial charge in [0.05, 0.1) is 6.04 Å². The maximum absolute atomic E-state index is 11.3. The van der Waals surface area contributed by atoms with Crippen LogP contribution < -0.4 is 5.32 Å². The quantitative estimate of drug-likeness (QED) is 0.708. The van der Waals surface area contributed by atoms with Crippen LogP contribution in [0.1, 0.15) is 55.3 Å². The maximum Gasteiger partial charge on any atom is 0.127 e. The van der Waals surface area contributed by atoms with E-state index < -0.39 is 0 Å². The molecule has 126 valence electrons. The molecule has 24 heavy (non-hydrogen) atoms. The summed E-state index contributed by atoms with van der Waals surface area (Å²) in [5, 5.41) is 4.33. The second-order valence-electron chi connectivity index (χ2n) is 7.14. The fourth-order valence-corrected chi connectivity index (χ4v) is 3.24. The lowest BCUT2D eigenvalue weighted by atomic mass is 9.94. The van der Waals surface area contributed by atoms with Gasteiger partial charge in [-0.05, 0) is 41.5 Å². The van der Waals surface area contributed by atoms with Crippen molar-refractivity contribution in [3.8, 4) is 0 Å². The van der Waals surface area contributed by atoms with Crippen LogP contribution >= 0.6 is 11.6 Å². The van der Waals surface area contributed by atoms with E-state index in [1.807, 2.05) is 18.2 Å². The summed E-state index contributed by atoms with van der Waals surface area (Å²) in [6.45, 7) is 5.08. The first kappa shape index (κ1) is 17.2. The second kappa shape index (κ2) is 7.08. The van der Waals surface area contributed by atoms with E-state index in [2.05, 4.69) is 49.5 Å². The molecule has 1 atom stereocenters. The molecule has 1 saturated carbocycles. The lowest BCUT2D eigenvalue weighted by Gasteiger charge is -2.23. The molecule has 1 aliphatic rings. The van der Waals surface area contributed by atoms with Crippen LogP contribution in [0, 0.1) is 5.41 Å². The number of hydrogen-bond acceptors (Lipinski definition) is 2. The summed E-state index contributed by atoms with van der Waals surface area (Å²) in [6, 6.07) is 16.6. The standard InChI is InChI=1S/C21H24ClNO/c1-15(2)16-7-9-17(10-8-16)20(18-5-3-4-6-19(18)22)23-13-21(14-24)11-12-21/h3-10,14-15,20,23H,11-13H2,1-2H3/t20-/m1/s1. The Morgan fingerprint density at radius 1 is 1.08 bits per heavy atom. The summed E-state index contributed by atoms with van der Waals surface area (Å²) < 4.78 is 0. The van der Waals surface area contributed by atoms with Gasteiger partial charge in [-0.25, -0.2) is 0 Å². The Hall–Kier alpha value is -1.64. The van der Waals surface area contributed by atoms with E-state index in [1.165, 1.54) is 11.1 Å². The van der Waals surface area contributed by atoms with E-state index in [0.717, 1.165) is 29.7 Å². The molecule has 1 aliphatic carbocycles. The molecule has 3 rings (SSSR count). The molecule has 3 heteroatoms. The topological polar surface area (TPSA) is 29.1 Å². The average Bonchev–Trinajstić information content (AvgIpc) is 3.37. The van der Waals surface area contributed by atoms with E-state index >= 15 is 0 Å². The highest BCUT2D eigenvalue weighted by atomic mass is 35.5. The minimum atomic E-state index is -0.169. The van der Waals surface area contributed by atoms with Crippen LogP contribution in [-0.4, -0.2) is 12.8 Å². The number of carbonyl (C=O) groups is 1. The Bertz CT molecular complexity index is 704. The Morgan fingerprint density at radius 2 is 1.71 bits per heavy atom. The Labute approximate surface area is 149 Å². The second-order valence-corrected chi connectivity index (χ2v) is 7.54. The molecule has 2 nitrogen and oxygen atoms in total. The van der Waals surface area contributed by atoms with Gasteiger partial charge in [-0.1, -0.05) is 67.9 Å². The predicted molar refractivity (Wildman–Crippen MR) is 99.6 cm³/mol. The fraction of sp³-hybridized carbons (Fsp3) is 0.381. The highest BCUT2D eigenvalue weighted by Gasteiger charge is 2.42. The largest absolute Gasteiger partial charge is 0.305 e. The number of aldehydes is 1. The predicted octanol–water partition coefficient (Wildman–Crippen LogP) is 5.12. The van der Waals surface area contributed by atoms with Crippen molar-refractivity contribution in [3.63, 3.8) is 0 Å². The van der Waals surface area contributed by atoms with Gasteiger partial charge in [0.15, 0.2) is 0 Å². The zero-order chi connectivity index (χ0) is 17.2. The first-order valence-electron chi connectivity index (χ1n) is 8.59. The van der Waals surface area contributed by atoms with E-state index in [1.54, 1.807) is 0 Å². The zero-order valence-electron chi connectivity index (χ0n) is 14.3. The van der Waals surface area contributed by atoms with Crippen LogP contribution in [0.3, 0.4) is 0 Å². The third-order valence-corrected chi connectivity index (χ3v) is 5.30. The van der Waals surface area contributed by atoms with Gasteiger partial charge in [0.1, 0.15) is 6.29 Å². The minimum Gasteiger partial charge on any atom is -0.305 e. The number of benzene rings is 2. The van der Waals surface area contributed by atoms with Crippen molar-refractivity contribution in [1.29, 1.82) is 0 Å². The highest BCUT2D eigenvalue weighted by molar-refractivity contribution is 6.31. The van der Waals surface area contributed by atoms with Gasteiger partial charge in [0.2, 0.25) is 0 Å². The molecular formula is C21H24ClNO. The summed E-state index contributed by atoms with van der Waals surface area (Å²) in [5.74, 6) is 0.510. The molecule has 0 heterocycles. The number of rotatable bonds is 7. The van der Waals surface area contributed by atoms with Crippen LogP contribution in [0.4, 0.5) is 0 Å². The summed E-state index contributed by atoms with van der Waals surface area (Å²) in [7, 11) is 0. The Morgan fingerprint density at radius 3 is 2.25 bits per heavy atom. The molecule has 0 radical (unpaired) electrons. The lowest BCUT2D eigenvalue weighted by molar-refractivity contribution is -0.112. The van der Waals surface area contributed by atoms with Crippen molar-refractivity contribution >= 4 is 17.9 Å². The molecule has 0 aromatic heterocycles. The fourth-order valence-electron chi connectivity index (χ4n) is 2.99. The molecule has 2 aromatic rings. The summed E-state index contributed by atoms with van der Waals surface area (Å²) >= 11 is 6.44. The van der Waals surface area contributed by atoms with Gasteiger partial charge in [0, 0.05) is 17.0 Å². The minimum absolute atomic E-state index is 0.00247. The van der Waals surface area contributed by atoms with Crippen molar-refractivity contribution in [2.24, 2.45) is 5.41 Å². The monoisotopic (exact) mass is 341 g/mol. The van der Waals surface area contributed by atoms with Crippen LogP contribution in [0.5, 0.6) is 0 Å². The van der Waals surface area contributed by atoms with Crippen molar-refractivity contribution < 1.29 is 4.79 Å². The normalized spacial score (nSPS) is 16.8. The van der Waals surface area contributed by atoms with Gasteiger partial charge in [-0.2, -0.15) is 0 Å². The first-order valence-corrected chi connectivity index (χ1v) is 8.96. The molecule has 0 saturated heterocycles. The Kier molecular flexibility index (Phi) is 5.07. The maximum atomic E-state index is 11.3. The van der Waals surface area contributed by atoms with E-state index in [9.17, 15) is 4.79 Å². The number of nitrogens with one attached hydrogen (secondary N) is 1. The average molecular weight is 342 g/mol. The first-order chi connectivity index (χ1) is 11.5. The summed E-state index contributed by atoms with van der Waals surface area (Å²) in [5.41, 5.74) is 3.38. The van der Waals surface area contributed by atoms with Crippen LogP contribution in [0.2, 0.25) is 5.02 Å². The summed E-state index contributed by atoms with van der Waals surface area (Å²) in [6.07, 6.45) is 3.06. The van der Waals surface area contributed by atoms with Crippen LogP contribution in [-0.2, 0) is 4.79 Å². The molecule has 2 aromatic carbocycles. The van der Waals surface area contributed by atoms with E-state index in [-0.39, 0.29) is 11.5 Å². The number of hydrogen-bond donors (Lipinski definition) is 1. The highest BCUT2D eigenvalue weighted by Crippen LogP contribution is 2.43. The van der Waals surface area contributed by atoms with Crippen LogP contribution in [0.25, 0.3) is 0 Å². The zero-order valence-corrected chi connectivity index (χ0v) is 15.0. The molecule has 1 N–H and O–H groups in total. The van der Waals surface area contributed by atoms with Gasteiger partial charge in [-0.3, -0.25) is 0 Å². The SMILES string of the molecule is CC(C)c1ccc([C@@H](NCC2(C=O)CC2)c2ccccc2Cl)cc1. The molecule has 1 fully saturated rings. The smallest absolute Gasteiger partial charge is 0.127 e. The lowest BCUT2D eigenvalue weighted by Crippen LogP contribution is -2.30. The van der Waals surface area contributed by atoms with Gasteiger partial charge in [-0.15, -0.1) is 0 Å². The number of carbonyl (C=O) groups excluding carboxylic acids is 1. The Balaban J connectivity index is 1.89. The van der Waals surface area contributed by atoms with Crippen molar-refractivity contribution in [3.05, 3.63) is 70.2 Å². The van der Waals surface area contributed by atoms with E-state index in [4.69, 9.17) is 11.6 Å². The molecule has 0 spiro atoms. The van der Waals surface area contributed by atoms with Gasteiger partial charge >= 0.3 is 0 Å². The molecule has 0 amide bonds. The number of halogens is 1. The van der Waals surface area contributed by atoms with Gasteiger partial charge in [0.25, 0.3) is 0 Å². The molecule has 0 unspecified atom stereocenters. The van der Waals surface area contributed by atoms with Gasteiger partial charge < -0.3 is 10.1 Å². The third kappa shape index (κ3) is 3.71. The third-order valence-electron chi connectivity index (χ3n) is 4.95. The van der Waals surface area contributed by atoms with E-state index in [0.29, 0.717) is 12.5 Å². The van der Waals surface area contributed by atoms with Crippen molar-refractivity contribution in [2.45, 2.75) is 38.6 Å². The van der Waals surface area contributed by atoms with Crippen molar-refractivity contribution in [1.82, 2.24) is 5.32 Å². The van der Waals surface area contributed by atoms with Crippen molar-refractivity contribution in [2.75, 3.05) is 6.54 Å².